The molecule has 0 amide bonds. The summed E-state index contributed by atoms with van der Waals surface area (Å²) in [5.41, 5.74) is 2.65. The number of hydrogen-bond donors (Lipinski definition) is 0. The molecule has 4 aromatic rings. The van der Waals surface area contributed by atoms with Crippen molar-refractivity contribution in [1.29, 1.82) is 0 Å². The predicted octanol–water partition coefficient (Wildman–Crippen LogP) is 7.02. The normalized spacial score (nSPS) is 21.6. The molecule has 2 saturated heterocycles. The smallest absolute Gasteiger partial charge is 0.355 e. The van der Waals surface area contributed by atoms with Crippen LogP contribution < -0.4 is 9.80 Å². The van der Waals surface area contributed by atoms with Crippen molar-refractivity contribution in [2.75, 3.05) is 36.0 Å². The molecule has 0 unspecified atom stereocenters. The molecule has 11 heteroatoms. The van der Waals surface area contributed by atoms with Crippen molar-refractivity contribution < 1.29 is 13.2 Å². The second kappa shape index (κ2) is 9.27. The number of fused-ring (bicyclic) bond motifs is 2. The van der Waals surface area contributed by atoms with Gasteiger partial charge in [0.15, 0.2) is 17.0 Å². The SMILES string of the molecule is FC(F)(F)C1CCN(c2nc(N3C[C@H]4C[C@H]4C3)nc3c2nc(-c2ccccc2Cl)n3-c2ccc(Cl)cc2)CC1. The van der Waals surface area contributed by atoms with Gasteiger partial charge in [0.05, 0.1) is 10.9 Å². The summed E-state index contributed by atoms with van der Waals surface area (Å²) in [6.07, 6.45) is -2.92. The first-order chi connectivity index (χ1) is 18.8. The molecule has 7 rings (SSSR count). The average molecular weight is 573 g/mol. The first-order valence-corrected chi connectivity index (χ1v) is 13.9. The number of benzene rings is 2. The highest BCUT2D eigenvalue weighted by Crippen LogP contribution is 2.46. The highest BCUT2D eigenvalue weighted by Gasteiger charge is 2.46. The van der Waals surface area contributed by atoms with Crippen molar-refractivity contribution in [1.82, 2.24) is 19.5 Å². The monoisotopic (exact) mass is 572 g/mol. The van der Waals surface area contributed by atoms with Gasteiger partial charge in [0.2, 0.25) is 5.95 Å². The van der Waals surface area contributed by atoms with Crippen LogP contribution in [0.5, 0.6) is 0 Å². The summed E-state index contributed by atoms with van der Waals surface area (Å²) in [6, 6.07) is 14.8. The molecule has 2 atom stereocenters. The van der Waals surface area contributed by atoms with E-state index in [1.807, 2.05) is 39.8 Å². The van der Waals surface area contributed by atoms with Gasteiger partial charge in [-0.15, -0.1) is 0 Å². The number of nitrogens with zero attached hydrogens (tertiary/aromatic N) is 6. The molecule has 6 nitrogen and oxygen atoms in total. The van der Waals surface area contributed by atoms with E-state index in [0.717, 1.165) is 24.3 Å². The summed E-state index contributed by atoms with van der Waals surface area (Å²) >= 11 is 12.8. The number of piperidine rings is 2. The minimum Gasteiger partial charge on any atom is -0.355 e. The van der Waals surface area contributed by atoms with E-state index < -0.39 is 12.1 Å². The van der Waals surface area contributed by atoms with Crippen LogP contribution in [0.4, 0.5) is 24.9 Å². The number of halogens is 5. The zero-order chi connectivity index (χ0) is 26.9. The Bertz CT molecular complexity index is 1540. The number of hydrogen-bond acceptors (Lipinski definition) is 5. The van der Waals surface area contributed by atoms with Crippen LogP contribution in [0.1, 0.15) is 19.3 Å². The Kier molecular flexibility index (Phi) is 5.93. The maximum atomic E-state index is 13.4. The molecule has 0 spiro atoms. The summed E-state index contributed by atoms with van der Waals surface area (Å²) in [5.74, 6) is 1.76. The van der Waals surface area contributed by atoms with Gasteiger partial charge in [-0.05, 0) is 67.5 Å². The van der Waals surface area contributed by atoms with E-state index in [0.29, 0.717) is 50.6 Å². The van der Waals surface area contributed by atoms with Gasteiger partial charge < -0.3 is 9.80 Å². The van der Waals surface area contributed by atoms with Gasteiger partial charge in [-0.25, -0.2) is 4.98 Å². The molecular weight excluding hydrogens is 548 g/mol. The van der Waals surface area contributed by atoms with Crippen molar-refractivity contribution in [3.8, 4) is 17.1 Å². The van der Waals surface area contributed by atoms with Gasteiger partial charge in [0.1, 0.15) is 5.82 Å². The van der Waals surface area contributed by atoms with Crippen molar-refractivity contribution in [3.63, 3.8) is 0 Å². The van der Waals surface area contributed by atoms with Crippen LogP contribution in [0, 0.1) is 17.8 Å². The molecule has 0 radical (unpaired) electrons. The van der Waals surface area contributed by atoms with Crippen molar-refractivity contribution in [2.45, 2.75) is 25.4 Å². The molecule has 4 heterocycles. The predicted molar refractivity (Wildman–Crippen MR) is 147 cm³/mol. The Hall–Kier alpha value is -3.04. The number of rotatable bonds is 4. The third-order valence-corrected chi connectivity index (χ3v) is 8.78. The molecule has 1 saturated carbocycles. The van der Waals surface area contributed by atoms with E-state index in [9.17, 15) is 13.2 Å². The third-order valence-electron chi connectivity index (χ3n) is 8.20. The lowest BCUT2D eigenvalue weighted by atomic mass is 9.96. The third kappa shape index (κ3) is 4.49. The molecule has 0 N–H and O–H groups in total. The van der Waals surface area contributed by atoms with E-state index in [4.69, 9.17) is 38.2 Å². The lowest BCUT2D eigenvalue weighted by Crippen LogP contribution is -2.39. The summed E-state index contributed by atoms with van der Waals surface area (Å²) in [4.78, 5) is 19.1. The number of imidazole rings is 1. The lowest BCUT2D eigenvalue weighted by Gasteiger charge is -2.34. The molecule has 1 aliphatic carbocycles. The van der Waals surface area contributed by atoms with E-state index in [1.54, 1.807) is 18.2 Å². The summed E-state index contributed by atoms with van der Waals surface area (Å²) in [5, 5.41) is 1.13. The van der Waals surface area contributed by atoms with Crippen LogP contribution in [-0.2, 0) is 0 Å². The molecule has 0 bridgehead atoms. The quantitative estimate of drug-likeness (QED) is 0.263. The van der Waals surface area contributed by atoms with Crippen LogP contribution >= 0.6 is 23.2 Å². The summed E-state index contributed by atoms with van der Waals surface area (Å²) in [7, 11) is 0. The molecule has 39 heavy (non-hydrogen) atoms. The highest BCUT2D eigenvalue weighted by molar-refractivity contribution is 6.33. The second-order valence-corrected chi connectivity index (χ2v) is 11.6. The van der Waals surface area contributed by atoms with Gasteiger partial charge >= 0.3 is 6.18 Å². The average Bonchev–Trinajstić information content (AvgIpc) is 3.35. The molecular formula is C28H25Cl2F3N6. The molecule has 2 aliphatic heterocycles. The fourth-order valence-corrected chi connectivity index (χ4v) is 6.28. The Morgan fingerprint density at radius 2 is 1.51 bits per heavy atom. The van der Waals surface area contributed by atoms with E-state index in [2.05, 4.69) is 4.90 Å². The van der Waals surface area contributed by atoms with Gasteiger partial charge in [0, 0.05) is 42.5 Å². The molecule has 3 aliphatic rings. The van der Waals surface area contributed by atoms with Gasteiger partial charge in [-0.1, -0.05) is 35.3 Å². The van der Waals surface area contributed by atoms with Gasteiger partial charge in [0.25, 0.3) is 0 Å². The van der Waals surface area contributed by atoms with Gasteiger partial charge in [-0.3, -0.25) is 4.57 Å². The maximum Gasteiger partial charge on any atom is 0.391 e. The topological polar surface area (TPSA) is 50.1 Å². The number of anilines is 2. The fraction of sp³-hybridized carbons (Fsp3) is 0.393. The molecule has 2 aromatic carbocycles. The maximum absolute atomic E-state index is 13.4. The van der Waals surface area contributed by atoms with Crippen LogP contribution in [0.3, 0.4) is 0 Å². The largest absolute Gasteiger partial charge is 0.391 e. The number of alkyl halides is 3. The zero-order valence-electron chi connectivity index (χ0n) is 20.9. The molecule has 2 aromatic heterocycles. The van der Waals surface area contributed by atoms with E-state index in [1.165, 1.54) is 6.42 Å². The minimum absolute atomic E-state index is 0.0213. The Morgan fingerprint density at radius 3 is 2.18 bits per heavy atom. The Morgan fingerprint density at radius 1 is 0.821 bits per heavy atom. The van der Waals surface area contributed by atoms with Crippen LogP contribution in [0.15, 0.2) is 48.5 Å². The van der Waals surface area contributed by atoms with Crippen molar-refractivity contribution in [3.05, 3.63) is 58.6 Å². The van der Waals surface area contributed by atoms with Gasteiger partial charge in [-0.2, -0.15) is 23.1 Å². The number of aromatic nitrogens is 4. The van der Waals surface area contributed by atoms with Crippen LogP contribution in [0.25, 0.3) is 28.2 Å². The van der Waals surface area contributed by atoms with Crippen molar-refractivity contribution in [2.24, 2.45) is 17.8 Å². The zero-order valence-corrected chi connectivity index (χ0v) is 22.4. The fourth-order valence-electron chi connectivity index (χ4n) is 5.93. The summed E-state index contributed by atoms with van der Waals surface area (Å²) in [6.45, 7) is 2.27. The first-order valence-electron chi connectivity index (χ1n) is 13.1. The first kappa shape index (κ1) is 25.0. The molecule has 202 valence electrons. The van der Waals surface area contributed by atoms with Crippen LogP contribution in [-0.4, -0.2) is 51.9 Å². The Labute approximate surface area is 233 Å². The van der Waals surface area contributed by atoms with Crippen LogP contribution in [0.2, 0.25) is 10.0 Å². The minimum atomic E-state index is -4.19. The van der Waals surface area contributed by atoms with Crippen molar-refractivity contribution >= 4 is 46.1 Å². The summed E-state index contributed by atoms with van der Waals surface area (Å²) < 4.78 is 42.3. The standard InChI is InChI=1S/C28H25Cl2F3N6/c29-19-5-7-20(8-6-19)39-24(21-3-1-2-4-22(21)30)34-23-25(37-11-9-18(10-12-37)28(31,32)33)35-27(36-26(23)39)38-14-16-13-17(16)15-38/h1-8,16-18H,9-15H2/t16-,17+. The molecule has 3 fully saturated rings. The van der Waals surface area contributed by atoms with E-state index in [-0.39, 0.29) is 25.9 Å². The van der Waals surface area contributed by atoms with E-state index >= 15 is 0 Å². The Balaban J connectivity index is 1.42. The lowest BCUT2D eigenvalue weighted by molar-refractivity contribution is -0.179. The second-order valence-electron chi connectivity index (χ2n) is 10.7. The highest BCUT2D eigenvalue weighted by atomic mass is 35.5.